The fourth-order valence-electron chi connectivity index (χ4n) is 6.58. The van der Waals surface area contributed by atoms with Crippen LogP contribution >= 0.6 is 0 Å². The van der Waals surface area contributed by atoms with Gasteiger partial charge < -0.3 is 9.13 Å². The van der Waals surface area contributed by atoms with Crippen molar-refractivity contribution in [3.8, 4) is 0 Å². The summed E-state index contributed by atoms with van der Waals surface area (Å²) >= 11 is 0. The van der Waals surface area contributed by atoms with Gasteiger partial charge in [0.05, 0.1) is 0 Å². The van der Waals surface area contributed by atoms with Crippen LogP contribution in [0.25, 0.3) is 21.8 Å². The lowest BCUT2D eigenvalue weighted by molar-refractivity contribution is -0.183. The van der Waals surface area contributed by atoms with Crippen molar-refractivity contribution in [3.63, 3.8) is 0 Å². The van der Waals surface area contributed by atoms with Gasteiger partial charge in [-0.2, -0.15) is 13.2 Å². The van der Waals surface area contributed by atoms with Gasteiger partial charge in [0.1, 0.15) is 5.41 Å². The monoisotopic (exact) mass is 534 g/mol. The number of nitrogens with zero attached hydrogens (tertiary/aromatic N) is 2. The van der Waals surface area contributed by atoms with Crippen molar-refractivity contribution in [2.45, 2.75) is 37.5 Å². The number of alkyl halides is 3. The quantitative estimate of drug-likeness (QED) is 0.193. The smallest absolute Gasteiger partial charge is 0.343 e. The third-order valence-corrected chi connectivity index (χ3v) is 8.46. The van der Waals surface area contributed by atoms with Gasteiger partial charge in [-0.05, 0) is 53.1 Å². The predicted molar refractivity (Wildman–Crippen MR) is 155 cm³/mol. The van der Waals surface area contributed by atoms with Crippen LogP contribution in [0.1, 0.15) is 35.1 Å². The Bertz CT molecular complexity index is 1670. The maximum Gasteiger partial charge on any atom is 0.402 e. The van der Waals surface area contributed by atoms with E-state index in [-0.39, 0.29) is 0 Å². The zero-order valence-electron chi connectivity index (χ0n) is 22.0. The normalized spacial score (nSPS) is 14.3. The van der Waals surface area contributed by atoms with Crippen LogP contribution in [-0.2, 0) is 18.5 Å². The van der Waals surface area contributed by atoms with E-state index in [9.17, 15) is 0 Å². The topological polar surface area (TPSA) is 9.86 Å². The molecule has 200 valence electrons. The molecular formula is C35H29F3N2. The molecule has 0 aliphatic heterocycles. The molecule has 2 aromatic heterocycles. The minimum Gasteiger partial charge on any atom is -0.343 e. The van der Waals surface area contributed by atoms with Crippen LogP contribution in [0.3, 0.4) is 0 Å². The highest BCUT2D eigenvalue weighted by molar-refractivity contribution is 5.91. The molecule has 5 heteroatoms. The van der Waals surface area contributed by atoms with Gasteiger partial charge in [-0.3, -0.25) is 0 Å². The number of para-hydroxylation sites is 2. The van der Waals surface area contributed by atoms with E-state index in [1.807, 2.05) is 118 Å². The zero-order valence-corrected chi connectivity index (χ0v) is 22.0. The molecule has 1 aliphatic rings. The molecule has 0 saturated heterocycles. The van der Waals surface area contributed by atoms with E-state index >= 15 is 13.2 Å². The van der Waals surface area contributed by atoms with Gasteiger partial charge in [0.15, 0.2) is 0 Å². The Morgan fingerprint density at radius 3 is 1.35 bits per heavy atom. The van der Waals surface area contributed by atoms with E-state index < -0.39 is 17.5 Å². The molecule has 0 N–H and O–H groups in total. The Labute approximate surface area is 231 Å². The number of benzene rings is 4. The molecule has 1 aliphatic carbocycles. The van der Waals surface area contributed by atoms with Crippen LogP contribution in [0.15, 0.2) is 122 Å². The first-order chi connectivity index (χ1) is 19.5. The second-order valence-electron chi connectivity index (χ2n) is 10.9. The minimum absolute atomic E-state index is 0.358. The number of halogens is 3. The molecule has 1 fully saturated rings. The Morgan fingerprint density at radius 2 is 0.950 bits per heavy atom. The maximum atomic E-state index is 15.9. The Hall–Kier alpha value is -4.25. The van der Waals surface area contributed by atoms with Crippen LogP contribution in [-0.4, -0.2) is 15.3 Å². The van der Waals surface area contributed by atoms with Gasteiger partial charge >= 0.3 is 6.18 Å². The highest BCUT2D eigenvalue weighted by Crippen LogP contribution is 2.62. The lowest BCUT2D eigenvalue weighted by atomic mass is 9.69. The summed E-state index contributed by atoms with van der Waals surface area (Å²) in [5.74, 6) is -0.514. The van der Waals surface area contributed by atoms with Gasteiger partial charge in [-0.1, -0.05) is 97.1 Å². The average molecular weight is 535 g/mol. The standard InChI is InChI=1S/C35H29F3N2/c36-35(37,38)34(27-19-20-27,30-23-39(21-25-11-3-1-4-12-25)32-17-9-7-15-28(30)32)31-24-40(22-26-13-5-2-6-14-26)33-18-10-8-16-29(31)33/h1-18,23-24,27H,19-22H2. The third kappa shape index (κ3) is 3.95. The van der Waals surface area contributed by atoms with E-state index in [2.05, 4.69) is 0 Å². The molecule has 40 heavy (non-hydrogen) atoms. The first kappa shape index (κ1) is 24.8. The number of hydrogen-bond donors (Lipinski definition) is 0. The van der Waals surface area contributed by atoms with Crippen molar-refractivity contribution < 1.29 is 13.2 Å². The van der Waals surface area contributed by atoms with E-state index in [4.69, 9.17) is 0 Å². The molecule has 0 amide bonds. The van der Waals surface area contributed by atoms with Gasteiger partial charge in [0.2, 0.25) is 0 Å². The largest absolute Gasteiger partial charge is 0.402 e. The summed E-state index contributed by atoms with van der Waals surface area (Å²) in [5, 5.41) is 1.34. The third-order valence-electron chi connectivity index (χ3n) is 8.46. The molecule has 1 saturated carbocycles. The lowest BCUT2D eigenvalue weighted by Crippen LogP contribution is -2.45. The van der Waals surface area contributed by atoms with Crippen molar-refractivity contribution in [2.75, 3.05) is 0 Å². The summed E-state index contributed by atoms with van der Waals surface area (Å²) in [6, 6.07) is 35.0. The van der Waals surface area contributed by atoms with Gasteiger partial charge in [0, 0.05) is 47.3 Å². The van der Waals surface area contributed by atoms with Gasteiger partial charge in [0.25, 0.3) is 0 Å². The molecule has 4 aromatic carbocycles. The first-order valence-corrected chi connectivity index (χ1v) is 13.8. The Morgan fingerprint density at radius 1 is 0.550 bits per heavy atom. The first-order valence-electron chi connectivity index (χ1n) is 13.8. The van der Waals surface area contributed by atoms with Crippen LogP contribution in [0, 0.1) is 5.92 Å². The average Bonchev–Trinajstić information content (AvgIpc) is 3.67. The maximum absolute atomic E-state index is 15.9. The van der Waals surface area contributed by atoms with E-state index in [0.29, 0.717) is 47.8 Å². The van der Waals surface area contributed by atoms with Crippen molar-refractivity contribution in [1.29, 1.82) is 0 Å². The van der Waals surface area contributed by atoms with E-state index in [1.54, 1.807) is 12.4 Å². The van der Waals surface area contributed by atoms with E-state index in [0.717, 1.165) is 22.2 Å². The fraction of sp³-hybridized carbons (Fsp3) is 0.200. The van der Waals surface area contributed by atoms with Gasteiger partial charge in [-0.25, -0.2) is 0 Å². The molecule has 0 spiro atoms. The molecule has 6 aromatic rings. The summed E-state index contributed by atoms with van der Waals surface area (Å²) in [5.41, 5.74) is 2.35. The second-order valence-corrected chi connectivity index (χ2v) is 10.9. The number of aromatic nitrogens is 2. The Balaban J connectivity index is 1.49. The molecular weight excluding hydrogens is 505 g/mol. The molecule has 0 atom stereocenters. The van der Waals surface area contributed by atoms with E-state index in [1.165, 1.54) is 0 Å². The SMILES string of the molecule is FC(F)(F)C(c1cn(Cc2ccccc2)c2ccccc12)(c1cn(Cc2ccccc2)c2ccccc12)C1CC1. The van der Waals surface area contributed by atoms with Crippen molar-refractivity contribution >= 4 is 21.8 Å². The van der Waals surface area contributed by atoms with Crippen LogP contribution in [0.5, 0.6) is 0 Å². The van der Waals surface area contributed by atoms with Crippen molar-refractivity contribution in [2.24, 2.45) is 5.92 Å². The summed E-state index contributed by atoms with van der Waals surface area (Å²) in [4.78, 5) is 0. The molecule has 2 nitrogen and oxygen atoms in total. The minimum atomic E-state index is -4.49. The summed E-state index contributed by atoms with van der Waals surface area (Å²) in [6.45, 7) is 1.02. The fourth-order valence-corrected chi connectivity index (χ4v) is 6.58. The van der Waals surface area contributed by atoms with Crippen LogP contribution in [0.4, 0.5) is 13.2 Å². The number of fused-ring (bicyclic) bond motifs is 2. The second kappa shape index (κ2) is 9.44. The Kier molecular flexibility index (Phi) is 5.85. The number of rotatable bonds is 7. The highest BCUT2D eigenvalue weighted by Gasteiger charge is 2.66. The summed E-state index contributed by atoms with van der Waals surface area (Å²) in [6.07, 6.45) is 0.183. The zero-order chi connectivity index (χ0) is 27.3. The molecule has 0 unspecified atom stereocenters. The molecule has 7 rings (SSSR count). The van der Waals surface area contributed by atoms with Crippen LogP contribution in [0.2, 0.25) is 0 Å². The van der Waals surface area contributed by atoms with Crippen molar-refractivity contribution in [1.82, 2.24) is 9.13 Å². The molecule has 0 radical (unpaired) electrons. The van der Waals surface area contributed by atoms with Gasteiger partial charge in [-0.15, -0.1) is 0 Å². The highest BCUT2D eigenvalue weighted by atomic mass is 19.4. The number of hydrogen-bond acceptors (Lipinski definition) is 0. The van der Waals surface area contributed by atoms with Crippen molar-refractivity contribution in [3.05, 3.63) is 144 Å². The summed E-state index contributed by atoms with van der Waals surface area (Å²) < 4.78 is 51.8. The summed E-state index contributed by atoms with van der Waals surface area (Å²) in [7, 11) is 0. The lowest BCUT2D eigenvalue weighted by Gasteiger charge is -2.36. The predicted octanol–water partition coefficient (Wildman–Crippen LogP) is 8.95. The molecule has 0 bridgehead atoms. The molecule has 2 heterocycles. The van der Waals surface area contributed by atoms with Crippen LogP contribution < -0.4 is 0 Å².